The molecule has 1 fully saturated rings. The van der Waals surface area contributed by atoms with Gasteiger partial charge in [0.2, 0.25) is 11.8 Å². The van der Waals surface area contributed by atoms with E-state index in [2.05, 4.69) is 26.6 Å². The quantitative estimate of drug-likeness (QED) is 0.459. The smallest absolute Gasteiger partial charge is 0.248 e. The van der Waals surface area contributed by atoms with E-state index < -0.39 is 22.0 Å². The number of aryl methyl sites for hydroxylation is 1. The van der Waals surface area contributed by atoms with Gasteiger partial charge in [-0.3, -0.25) is 9.98 Å². The number of benzene rings is 2. The van der Waals surface area contributed by atoms with Crippen molar-refractivity contribution in [3.8, 4) is 11.5 Å². The fourth-order valence-electron chi connectivity index (χ4n) is 4.34. The van der Waals surface area contributed by atoms with Crippen molar-refractivity contribution in [2.24, 2.45) is 15.7 Å². The first kappa shape index (κ1) is 25.4. The molecule has 0 radical (unpaired) electrons. The molecule has 2 aromatic carbocycles. The van der Waals surface area contributed by atoms with Crippen LogP contribution in [0.2, 0.25) is 0 Å². The summed E-state index contributed by atoms with van der Waals surface area (Å²) in [4.78, 5) is 9.33. The molecule has 0 aliphatic carbocycles. The zero-order valence-corrected chi connectivity index (χ0v) is 21.6. The van der Waals surface area contributed by atoms with Gasteiger partial charge in [-0.1, -0.05) is 31.2 Å². The monoisotopic (exact) mass is 522 g/mol. The van der Waals surface area contributed by atoms with Gasteiger partial charge in [-0.2, -0.15) is 0 Å². The van der Waals surface area contributed by atoms with Gasteiger partial charge >= 0.3 is 0 Å². The fourth-order valence-corrected chi connectivity index (χ4v) is 5.23. The van der Waals surface area contributed by atoms with Crippen LogP contribution in [0, 0.1) is 6.92 Å². The normalized spacial score (nSPS) is 21.8. The van der Waals surface area contributed by atoms with Crippen LogP contribution in [0.5, 0.6) is 0 Å². The van der Waals surface area contributed by atoms with E-state index in [1.54, 1.807) is 37.4 Å². The molecule has 0 saturated carbocycles. The molecular formula is C26H30N6O4S. The van der Waals surface area contributed by atoms with Crippen molar-refractivity contribution in [2.75, 3.05) is 19.0 Å². The number of hydrogen-bond donors (Lipinski definition) is 2. The SMILES string of the molecule is CCS(=O)(=O)c1ccc(C2=NC(c3nnc(-c4ccc(CN[C@H]5CCOC5)cc4C)o3)[C@H](N)N=C2)cc1. The van der Waals surface area contributed by atoms with Crippen molar-refractivity contribution in [1.82, 2.24) is 15.5 Å². The zero-order chi connectivity index (χ0) is 26.0. The number of aliphatic imine (C=N–C) groups is 2. The Bertz CT molecular complexity index is 1430. The standard InChI is InChI=1S/C26H30N6O4S/c1-3-37(33,34)20-7-5-18(6-8-20)22-14-29-24(27)23(30-22)26-32-31-25(36-26)21-9-4-17(12-16(21)2)13-28-19-10-11-35-15-19/h4-9,12,14,19,23-24,28H,3,10-11,13,15,27H2,1-2H3/t19-,23?,24+/m0/s1. The summed E-state index contributed by atoms with van der Waals surface area (Å²) in [6, 6.07) is 12.4. The first-order valence-electron chi connectivity index (χ1n) is 12.3. The second kappa shape index (κ2) is 10.6. The molecule has 2 aliphatic rings. The predicted octanol–water partition coefficient (Wildman–Crippen LogP) is 2.62. The second-order valence-corrected chi connectivity index (χ2v) is 11.5. The Kier molecular flexibility index (Phi) is 7.29. The molecule has 10 nitrogen and oxygen atoms in total. The van der Waals surface area contributed by atoms with Crippen molar-refractivity contribution >= 4 is 21.8 Å². The van der Waals surface area contributed by atoms with E-state index in [1.807, 2.05) is 19.1 Å². The molecule has 194 valence electrons. The summed E-state index contributed by atoms with van der Waals surface area (Å²) in [5, 5.41) is 12.0. The molecule has 1 unspecified atom stereocenters. The third-order valence-electron chi connectivity index (χ3n) is 6.60. The number of hydrogen-bond acceptors (Lipinski definition) is 10. The van der Waals surface area contributed by atoms with Gasteiger partial charge in [0.25, 0.3) is 0 Å². The molecular weight excluding hydrogens is 492 g/mol. The van der Waals surface area contributed by atoms with E-state index in [0.717, 1.165) is 42.9 Å². The lowest BCUT2D eigenvalue weighted by Crippen LogP contribution is -2.30. The third-order valence-corrected chi connectivity index (χ3v) is 8.35. The molecule has 0 bridgehead atoms. The van der Waals surface area contributed by atoms with Crippen molar-refractivity contribution in [1.29, 1.82) is 0 Å². The average Bonchev–Trinajstić information content (AvgIpc) is 3.61. The van der Waals surface area contributed by atoms with Gasteiger partial charge in [-0.15, -0.1) is 10.2 Å². The van der Waals surface area contributed by atoms with Gasteiger partial charge in [-0.25, -0.2) is 8.42 Å². The fraction of sp³-hybridized carbons (Fsp3) is 0.385. The predicted molar refractivity (Wildman–Crippen MR) is 140 cm³/mol. The summed E-state index contributed by atoms with van der Waals surface area (Å²) in [6.45, 7) is 5.96. The molecule has 5 rings (SSSR count). The maximum Gasteiger partial charge on any atom is 0.248 e. The summed E-state index contributed by atoms with van der Waals surface area (Å²) in [5.41, 5.74) is 10.5. The van der Waals surface area contributed by atoms with Crippen LogP contribution in [0.3, 0.4) is 0 Å². The number of aromatic nitrogens is 2. The van der Waals surface area contributed by atoms with Crippen molar-refractivity contribution in [2.45, 2.75) is 50.0 Å². The Morgan fingerprint density at radius 3 is 2.65 bits per heavy atom. The molecule has 3 N–H and O–H groups in total. The molecule has 3 heterocycles. The van der Waals surface area contributed by atoms with Crippen LogP contribution in [-0.4, -0.2) is 61.7 Å². The Morgan fingerprint density at radius 1 is 1.14 bits per heavy atom. The highest BCUT2D eigenvalue weighted by molar-refractivity contribution is 7.91. The van der Waals surface area contributed by atoms with Gasteiger partial charge < -0.3 is 20.2 Å². The van der Waals surface area contributed by atoms with Crippen molar-refractivity contribution < 1.29 is 17.6 Å². The Balaban J connectivity index is 1.33. The van der Waals surface area contributed by atoms with Crippen LogP contribution in [0.25, 0.3) is 11.5 Å². The maximum absolute atomic E-state index is 12.1. The summed E-state index contributed by atoms with van der Waals surface area (Å²) in [7, 11) is -3.28. The van der Waals surface area contributed by atoms with Crippen LogP contribution >= 0.6 is 0 Å². The summed E-state index contributed by atoms with van der Waals surface area (Å²) in [5.74, 6) is 0.706. The first-order valence-corrected chi connectivity index (χ1v) is 13.9. The van der Waals surface area contributed by atoms with E-state index >= 15 is 0 Å². The highest BCUT2D eigenvalue weighted by Gasteiger charge is 2.28. The van der Waals surface area contributed by atoms with Crippen molar-refractivity contribution in [3.05, 3.63) is 65.0 Å². The highest BCUT2D eigenvalue weighted by atomic mass is 32.2. The zero-order valence-electron chi connectivity index (χ0n) is 20.8. The third kappa shape index (κ3) is 5.54. The molecule has 3 aromatic rings. The largest absolute Gasteiger partial charge is 0.418 e. The van der Waals surface area contributed by atoms with Crippen LogP contribution < -0.4 is 11.1 Å². The van der Waals surface area contributed by atoms with Crippen LogP contribution in [0.4, 0.5) is 0 Å². The van der Waals surface area contributed by atoms with Crippen LogP contribution in [0.15, 0.2) is 61.8 Å². The van der Waals surface area contributed by atoms with Gasteiger partial charge in [0.15, 0.2) is 15.9 Å². The first-order chi connectivity index (χ1) is 17.8. The minimum Gasteiger partial charge on any atom is -0.418 e. The van der Waals surface area contributed by atoms with Gasteiger partial charge in [-0.05, 0) is 42.7 Å². The molecule has 1 saturated heterocycles. The van der Waals surface area contributed by atoms with Crippen molar-refractivity contribution in [3.63, 3.8) is 0 Å². The van der Waals surface area contributed by atoms with E-state index in [0.29, 0.717) is 17.6 Å². The summed E-state index contributed by atoms with van der Waals surface area (Å²) in [6.07, 6.45) is 1.94. The number of nitrogens with one attached hydrogen (secondary N) is 1. The van der Waals surface area contributed by atoms with E-state index in [1.165, 1.54) is 5.56 Å². The number of nitrogens with two attached hydrogens (primary N) is 1. The van der Waals surface area contributed by atoms with Crippen LogP contribution in [-0.2, 0) is 21.1 Å². The van der Waals surface area contributed by atoms with Gasteiger partial charge in [0.1, 0.15) is 6.17 Å². The lowest BCUT2D eigenvalue weighted by molar-refractivity contribution is 0.190. The lowest BCUT2D eigenvalue weighted by atomic mass is 10.0. The molecule has 11 heteroatoms. The van der Waals surface area contributed by atoms with Crippen LogP contribution in [0.1, 0.15) is 42.0 Å². The molecule has 0 amide bonds. The topological polar surface area (TPSA) is 145 Å². The molecule has 0 spiro atoms. The molecule has 3 atom stereocenters. The number of sulfone groups is 1. The highest BCUT2D eigenvalue weighted by Crippen LogP contribution is 2.29. The summed E-state index contributed by atoms with van der Waals surface area (Å²) >= 11 is 0. The Hall–Kier alpha value is -3.25. The second-order valence-electron chi connectivity index (χ2n) is 9.19. The summed E-state index contributed by atoms with van der Waals surface area (Å²) < 4.78 is 35.6. The van der Waals surface area contributed by atoms with Gasteiger partial charge in [0, 0.05) is 36.5 Å². The lowest BCUT2D eigenvalue weighted by Gasteiger charge is -2.19. The minimum absolute atomic E-state index is 0.0418. The average molecular weight is 523 g/mol. The number of ether oxygens (including phenoxy) is 1. The Morgan fingerprint density at radius 2 is 1.95 bits per heavy atom. The van der Waals surface area contributed by atoms with E-state index in [-0.39, 0.29) is 16.5 Å². The number of nitrogens with zero attached hydrogens (tertiary/aromatic N) is 4. The molecule has 37 heavy (non-hydrogen) atoms. The maximum atomic E-state index is 12.1. The van der Waals surface area contributed by atoms with E-state index in [9.17, 15) is 8.42 Å². The Labute approximate surface area is 216 Å². The molecule has 1 aromatic heterocycles. The minimum atomic E-state index is -3.28. The molecule has 2 aliphatic heterocycles. The number of rotatable bonds is 8. The van der Waals surface area contributed by atoms with E-state index in [4.69, 9.17) is 19.9 Å². The van der Waals surface area contributed by atoms with Gasteiger partial charge in [0.05, 0.1) is 23.0 Å².